The molecule has 0 atom stereocenters. The summed E-state index contributed by atoms with van der Waals surface area (Å²) in [6.45, 7) is 2.01. The number of fused-ring (bicyclic) bond motifs is 1. The zero-order valence-electron chi connectivity index (χ0n) is 13.8. The van der Waals surface area contributed by atoms with Gasteiger partial charge < -0.3 is 4.98 Å². The summed E-state index contributed by atoms with van der Waals surface area (Å²) in [5, 5.41) is 4.03. The predicted molar refractivity (Wildman–Crippen MR) is 105 cm³/mol. The molecule has 0 saturated heterocycles. The van der Waals surface area contributed by atoms with Crippen molar-refractivity contribution in [1.29, 1.82) is 0 Å². The number of nitrogens with one attached hydrogen (secondary N) is 1. The second-order valence-electron chi connectivity index (χ2n) is 5.52. The normalized spacial score (nSPS) is 11.1. The highest BCUT2D eigenvalue weighted by Crippen LogP contribution is 2.23. The van der Waals surface area contributed by atoms with Crippen LogP contribution in [0.5, 0.6) is 0 Å². The van der Waals surface area contributed by atoms with Gasteiger partial charge in [-0.05, 0) is 29.0 Å². The summed E-state index contributed by atoms with van der Waals surface area (Å²) in [5.74, 6) is 0. The first-order valence-electron chi connectivity index (χ1n) is 7.93. The molecule has 0 amide bonds. The first kappa shape index (κ1) is 17.1. The van der Waals surface area contributed by atoms with Crippen LogP contribution in [-0.4, -0.2) is 21.3 Å². The Labute approximate surface area is 150 Å². The van der Waals surface area contributed by atoms with Crippen LogP contribution in [0.1, 0.15) is 23.7 Å². The Morgan fingerprint density at radius 3 is 2.71 bits per heavy atom. The van der Waals surface area contributed by atoms with E-state index in [1.807, 2.05) is 19.2 Å². The summed E-state index contributed by atoms with van der Waals surface area (Å²) in [6.07, 6.45) is 3.42. The standard InChI is InChI=1S/C19H20N2OS2/c1-3-15-17(20-19(21-18(15)22)24-12-23-2)11-14-9-6-8-13-7-4-5-10-16(13)14/h4-10H,3,11-12H2,1-2H3,(H,20,21,22). The molecule has 3 aromatic rings. The number of rotatable bonds is 6. The van der Waals surface area contributed by atoms with E-state index in [-0.39, 0.29) is 5.56 Å². The Balaban J connectivity index is 2.04. The highest BCUT2D eigenvalue weighted by atomic mass is 32.2. The van der Waals surface area contributed by atoms with Gasteiger partial charge in [0.25, 0.3) is 5.56 Å². The molecule has 1 N–H and O–H groups in total. The van der Waals surface area contributed by atoms with Crippen molar-refractivity contribution in [2.24, 2.45) is 0 Å². The van der Waals surface area contributed by atoms with Gasteiger partial charge in [-0.1, -0.05) is 61.2 Å². The lowest BCUT2D eigenvalue weighted by Gasteiger charge is -2.11. The van der Waals surface area contributed by atoms with E-state index in [2.05, 4.69) is 41.4 Å². The maximum Gasteiger partial charge on any atom is 0.254 e. The molecule has 0 bridgehead atoms. The van der Waals surface area contributed by atoms with Crippen molar-refractivity contribution >= 4 is 34.3 Å². The summed E-state index contributed by atoms with van der Waals surface area (Å²) in [6, 6.07) is 14.7. The van der Waals surface area contributed by atoms with Crippen LogP contribution in [0.2, 0.25) is 0 Å². The van der Waals surface area contributed by atoms with Gasteiger partial charge >= 0.3 is 0 Å². The average Bonchev–Trinajstić information content (AvgIpc) is 2.60. The summed E-state index contributed by atoms with van der Waals surface area (Å²) in [7, 11) is 0. The molecular weight excluding hydrogens is 336 g/mol. The van der Waals surface area contributed by atoms with Crippen LogP contribution < -0.4 is 5.56 Å². The SMILES string of the molecule is CCc1c(Cc2cccc3ccccc23)nc(SCSC)[nH]c1=O. The molecular formula is C19H20N2OS2. The highest BCUT2D eigenvalue weighted by Gasteiger charge is 2.12. The van der Waals surface area contributed by atoms with Crippen LogP contribution in [0.4, 0.5) is 0 Å². The van der Waals surface area contributed by atoms with Gasteiger partial charge in [0, 0.05) is 17.1 Å². The van der Waals surface area contributed by atoms with Crippen LogP contribution in [0, 0.1) is 0 Å². The van der Waals surface area contributed by atoms with Crippen molar-refractivity contribution < 1.29 is 0 Å². The van der Waals surface area contributed by atoms with E-state index in [9.17, 15) is 4.79 Å². The lowest BCUT2D eigenvalue weighted by Crippen LogP contribution is -2.18. The Hall–Kier alpha value is -1.72. The maximum atomic E-state index is 12.4. The monoisotopic (exact) mass is 356 g/mol. The van der Waals surface area contributed by atoms with Crippen molar-refractivity contribution in [3.63, 3.8) is 0 Å². The molecule has 2 aromatic carbocycles. The van der Waals surface area contributed by atoms with Crippen LogP contribution in [0.3, 0.4) is 0 Å². The molecule has 24 heavy (non-hydrogen) atoms. The van der Waals surface area contributed by atoms with E-state index in [4.69, 9.17) is 4.98 Å². The van der Waals surface area contributed by atoms with Crippen molar-refractivity contribution in [2.45, 2.75) is 24.9 Å². The first-order valence-corrected chi connectivity index (χ1v) is 10.3. The molecule has 124 valence electrons. The van der Waals surface area contributed by atoms with E-state index in [1.54, 1.807) is 23.5 Å². The molecule has 3 nitrogen and oxygen atoms in total. The van der Waals surface area contributed by atoms with Gasteiger partial charge in [-0.2, -0.15) is 11.8 Å². The third-order valence-electron chi connectivity index (χ3n) is 3.98. The molecule has 0 fully saturated rings. The van der Waals surface area contributed by atoms with Gasteiger partial charge in [-0.15, -0.1) is 0 Å². The number of hydrogen-bond acceptors (Lipinski definition) is 4. The number of H-pyrrole nitrogens is 1. The molecule has 5 heteroatoms. The Morgan fingerprint density at radius 1 is 1.12 bits per heavy atom. The summed E-state index contributed by atoms with van der Waals surface area (Å²) in [5.41, 5.74) is 2.88. The van der Waals surface area contributed by atoms with Gasteiger partial charge in [-0.25, -0.2) is 4.98 Å². The molecule has 1 heterocycles. The lowest BCUT2D eigenvalue weighted by molar-refractivity contribution is 0.837. The van der Waals surface area contributed by atoms with Crippen molar-refractivity contribution in [3.05, 3.63) is 69.6 Å². The van der Waals surface area contributed by atoms with E-state index in [0.29, 0.717) is 18.0 Å². The zero-order chi connectivity index (χ0) is 16.9. The quantitative estimate of drug-likeness (QED) is 0.402. The van der Waals surface area contributed by atoms with Gasteiger partial charge in [0.15, 0.2) is 5.16 Å². The smallest absolute Gasteiger partial charge is 0.254 e. The van der Waals surface area contributed by atoms with Crippen molar-refractivity contribution in [3.8, 4) is 0 Å². The third-order valence-corrected chi connectivity index (χ3v) is 5.87. The molecule has 0 saturated carbocycles. The van der Waals surface area contributed by atoms with Gasteiger partial charge in [0.2, 0.25) is 0 Å². The van der Waals surface area contributed by atoms with Crippen LogP contribution in [0.15, 0.2) is 52.4 Å². The first-order chi connectivity index (χ1) is 11.7. The largest absolute Gasteiger partial charge is 0.301 e. The fourth-order valence-electron chi connectivity index (χ4n) is 2.84. The minimum absolute atomic E-state index is 0.00802. The molecule has 3 rings (SSSR count). The van der Waals surface area contributed by atoms with E-state index in [1.165, 1.54) is 16.3 Å². The number of hydrogen-bond donors (Lipinski definition) is 1. The summed E-state index contributed by atoms with van der Waals surface area (Å²) >= 11 is 3.30. The Morgan fingerprint density at radius 2 is 1.92 bits per heavy atom. The number of thioether (sulfide) groups is 2. The van der Waals surface area contributed by atoms with Gasteiger partial charge in [0.1, 0.15) is 0 Å². The Kier molecular flexibility index (Phi) is 5.63. The zero-order valence-corrected chi connectivity index (χ0v) is 15.5. The Bertz CT molecular complexity index is 900. The lowest BCUT2D eigenvalue weighted by atomic mass is 9.99. The van der Waals surface area contributed by atoms with Gasteiger partial charge in [0.05, 0.1) is 5.69 Å². The molecule has 0 spiro atoms. The second kappa shape index (κ2) is 7.90. The molecule has 0 aliphatic heterocycles. The van der Waals surface area contributed by atoms with E-state index in [0.717, 1.165) is 16.3 Å². The second-order valence-corrected chi connectivity index (χ2v) is 7.71. The minimum atomic E-state index is -0.00802. The van der Waals surface area contributed by atoms with Crippen LogP contribution in [0.25, 0.3) is 10.8 Å². The highest BCUT2D eigenvalue weighted by molar-refractivity contribution is 8.15. The van der Waals surface area contributed by atoms with Crippen molar-refractivity contribution in [1.82, 2.24) is 9.97 Å². The third kappa shape index (κ3) is 3.68. The number of aromatic amines is 1. The topological polar surface area (TPSA) is 45.8 Å². The predicted octanol–water partition coefficient (Wildman–Crippen LogP) is 4.49. The van der Waals surface area contributed by atoms with E-state index < -0.39 is 0 Å². The number of benzene rings is 2. The fourth-order valence-corrected chi connectivity index (χ4v) is 4.10. The maximum absolute atomic E-state index is 12.4. The average molecular weight is 357 g/mol. The molecule has 0 aliphatic carbocycles. The number of nitrogens with zero attached hydrogens (tertiary/aromatic N) is 1. The molecule has 1 aromatic heterocycles. The van der Waals surface area contributed by atoms with E-state index >= 15 is 0 Å². The minimum Gasteiger partial charge on any atom is -0.301 e. The van der Waals surface area contributed by atoms with Gasteiger partial charge in [-0.3, -0.25) is 4.79 Å². The fraction of sp³-hybridized carbons (Fsp3) is 0.263. The summed E-state index contributed by atoms with van der Waals surface area (Å²) < 4.78 is 0. The van der Waals surface area contributed by atoms with Crippen LogP contribution in [-0.2, 0) is 12.8 Å². The molecule has 0 aliphatic rings. The van der Waals surface area contributed by atoms with Crippen LogP contribution >= 0.6 is 23.5 Å². The molecule has 0 radical (unpaired) electrons. The van der Waals surface area contributed by atoms with Crippen molar-refractivity contribution in [2.75, 3.05) is 11.3 Å². The summed E-state index contributed by atoms with van der Waals surface area (Å²) in [4.78, 5) is 20.0. The number of aromatic nitrogens is 2. The molecule has 0 unspecified atom stereocenters.